The van der Waals surface area contributed by atoms with Crippen LogP contribution in [0.2, 0.25) is 5.02 Å². The molecule has 1 fully saturated rings. The second kappa shape index (κ2) is 8.06. The fraction of sp³-hybridized carbons (Fsp3) is 0.158. The molecule has 0 radical (unpaired) electrons. The normalized spacial score (nSPS) is 14.3. The summed E-state index contributed by atoms with van der Waals surface area (Å²) in [6, 6.07) is 17.2. The lowest BCUT2D eigenvalue weighted by molar-refractivity contribution is -0.0436. The van der Waals surface area contributed by atoms with Crippen molar-refractivity contribution in [3.63, 3.8) is 0 Å². The van der Waals surface area contributed by atoms with E-state index in [9.17, 15) is 0 Å². The van der Waals surface area contributed by atoms with Gasteiger partial charge in [-0.1, -0.05) is 29.8 Å². The molecule has 0 saturated carbocycles. The lowest BCUT2D eigenvalue weighted by atomic mass is 10.1. The third-order valence-electron chi connectivity index (χ3n) is 4.03. The van der Waals surface area contributed by atoms with E-state index in [-0.39, 0.29) is 0 Å². The summed E-state index contributed by atoms with van der Waals surface area (Å²) in [5, 5.41) is 5.15. The van der Waals surface area contributed by atoms with Gasteiger partial charge in [0, 0.05) is 16.1 Å². The number of nitrogens with zero attached hydrogens (tertiary/aromatic N) is 1. The fourth-order valence-corrected chi connectivity index (χ4v) is 3.06. The molecule has 3 aromatic rings. The van der Waals surface area contributed by atoms with Gasteiger partial charge in [-0.3, -0.25) is 10.9 Å². The van der Waals surface area contributed by atoms with Crippen LogP contribution in [0.3, 0.4) is 0 Å². The van der Waals surface area contributed by atoms with E-state index in [1.54, 1.807) is 12.1 Å². The Bertz CT molecular complexity index is 962. The Labute approximate surface area is 166 Å². The highest BCUT2D eigenvalue weighted by Gasteiger charge is 2.23. The van der Waals surface area contributed by atoms with Crippen LogP contribution in [-0.2, 0) is 9.47 Å². The van der Waals surface area contributed by atoms with E-state index < -0.39 is 6.29 Å². The summed E-state index contributed by atoms with van der Waals surface area (Å²) in [4.78, 5) is 4.67. The van der Waals surface area contributed by atoms with Crippen LogP contribution in [-0.4, -0.2) is 23.3 Å². The second-order valence-electron chi connectivity index (χ2n) is 5.90. The molecule has 1 aliphatic rings. The number of para-hydroxylation sites is 1. The number of fused-ring (bicyclic) bond motifs is 1. The first-order chi connectivity index (χ1) is 13.2. The Kier molecular flexibility index (Phi) is 5.35. The van der Waals surface area contributed by atoms with E-state index in [1.165, 1.54) is 0 Å². The zero-order valence-electron chi connectivity index (χ0n) is 14.2. The highest BCUT2D eigenvalue weighted by Crippen LogP contribution is 2.31. The first-order valence-electron chi connectivity index (χ1n) is 8.40. The van der Waals surface area contributed by atoms with Gasteiger partial charge in [0.1, 0.15) is 0 Å². The molecule has 0 bridgehead atoms. The van der Waals surface area contributed by atoms with Gasteiger partial charge in [0.25, 0.3) is 0 Å². The predicted molar refractivity (Wildman–Crippen MR) is 111 cm³/mol. The van der Waals surface area contributed by atoms with Gasteiger partial charge < -0.3 is 14.8 Å². The average molecular weight is 401 g/mol. The summed E-state index contributed by atoms with van der Waals surface area (Å²) >= 11 is 11.2. The van der Waals surface area contributed by atoms with Crippen LogP contribution in [0.5, 0.6) is 0 Å². The highest BCUT2D eigenvalue weighted by atomic mass is 35.5. The van der Waals surface area contributed by atoms with Crippen molar-refractivity contribution in [1.29, 1.82) is 0 Å². The molecule has 8 heteroatoms. The molecule has 1 aliphatic heterocycles. The quantitative estimate of drug-likeness (QED) is 0.447. The largest absolute Gasteiger partial charge is 0.346 e. The van der Waals surface area contributed by atoms with E-state index in [4.69, 9.17) is 33.3 Å². The molecule has 2 aromatic carbocycles. The van der Waals surface area contributed by atoms with Crippen LogP contribution in [0.4, 0.5) is 11.5 Å². The molecular formula is C19H17ClN4O2S. The van der Waals surface area contributed by atoms with Crippen LogP contribution < -0.4 is 16.2 Å². The van der Waals surface area contributed by atoms with Gasteiger partial charge in [0.05, 0.1) is 24.3 Å². The molecule has 0 amide bonds. The van der Waals surface area contributed by atoms with Crippen molar-refractivity contribution in [2.75, 3.05) is 24.0 Å². The second-order valence-corrected chi connectivity index (χ2v) is 6.75. The summed E-state index contributed by atoms with van der Waals surface area (Å²) in [5.41, 5.74) is 8.52. The molecule has 1 saturated heterocycles. The predicted octanol–water partition coefficient (Wildman–Crippen LogP) is 4.25. The molecule has 0 atom stereocenters. The van der Waals surface area contributed by atoms with E-state index in [0.29, 0.717) is 29.2 Å². The summed E-state index contributed by atoms with van der Waals surface area (Å²) in [6.45, 7) is 1.11. The molecular weight excluding hydrogens is 384 g/mol. The van der Waals surface area contributed by atoms with Gasteiger partial charge in [0.15, 0.2) is 17.2 Å². The molecule has 0 spiro atoms. The molecule has 27 heavy (non-hydrogen) atoms. The molecule has 3 N–H and O–H groups in total. The molecule has 138 valence electrons. The van der Waals surface area contributed by atoms with Crippen LogP contribution >= 0.6 is 23.8 Å². The van der Waals surface area contributed by atoms with Crippen molar-refractivity contribution in [2.24, 2.45) is 0 Å². The maximum Gasteiger partial charge on any atom is 0.189 e. The Morgan fingerprint density at radius 2 is 1.81 bits per heavy atom. The van der Waals surface area contributed by atoms with Crippen LogP contribution in [0, 0.1) is 0 Å². The first-order valence-corrected chi connectivity index (χ1v) is 9.19. The minimum absolute atomic E-state index is 0.395. The van der Waals surface area contributed by atoms with E-state index in [0.717, 1.165) is 22.2 Å². The number of halogens is 1. The van der Waals surface area contributed by atoms with Crippen molar-refractivity contribution in [1.82, 2.24) is 10.4 Å². The van der Waals surface area contributed by atoms with E-state index >= 15 is 0 Å². The Morgan fingerprint density at radius 1 is 1.07 bits per heavy atom. The van der Waals surface area contributed by atoms with Crippen LogP contribution in [0.15, 0.2) is 54.6 Å². The third-order valence-corrected chi connectivity index (χ3v) is 4.48. The van der Waals surface area contributed by atoms with Crippen LogP contribution in [0.25, 0.3) is 10.9 Å². The van der Waals surface area contributed by atoms with E-state index in [1.807, 2.05) is 42.5 Å². The number of hydrogen-bond acceptors (Lipinski definition) is 5. The molecule has 1 aromatic heterocycles. The minimum atomic E-state index is -0.454. The zero-order chi connectivity index (χ0) is 18.6. The Hall–Kier alpha value is -2.45. The van der Waals surface area contributed by atoms with Gasteiger partial charge in [-0.15, -0.1) is 0 Å². The van der Waals surface area contributed by atoms with Crippen molar-refractivity contribution in [3.05, 3.63) is 65.2 Å². The number of nitrogens with one attached hydrogen (secondary N) is 3. The number of anilines is 2. The lowest BCUT2D eigenvalue weighted by Gasteiger charge is -2.18. The average Bonchev–Trinajstić information content (AvgIpc) is 3.22. The number of rotatable bonds is 4. The number of ether oxygens (including phenoxy) is 2. The molecule has 0 unspecified atom stereocenters. The molecule has 6 nitrogen and oxygen atoms in total. The van der Waals surface area contributed by atoms with Gasteiger partial charge in [-0.05, 0) is 48.6 Å². The monoisotopic (exact) mass is 400 g/mol. The lowest BCUT2D eigenvalue weighted by Crippen LogP contribution is -2.34. The number of benzene rings is 2. The maximum atomic E-state index is 5.90. The topological polar surface area (TPSA) is 67.4 Å². The highest BCUT2D eigenvalue weighted by molar-refractivity contribution is 7.80. The van der Waals surface area contributed by atoms with Crippen LogP contribution in [0.1, 0.15) is 11.9 Å². The van der Waals surface area contributed by atoms with Crippen molar-refractivity contribution >= 4 is 51.3 Å². The smallest absolute Gasteiger partial charge is 0.189 e. The van der Waals surface area contributed by atoms with Gasteiger partial charge in [-0.25, -0.2) is 4.98 Å². The van der Waals surface area contributed by atoms with Gasteiger partial charge in [-0.2, -0.15) is 0 Å². The fourth-order valence-electron chi connectivity index (χ4n) is 2.76. The molecule has 2 heterocycles. The molecule has 4 rings (SSSR count). The molecule has 0 aliphatic carbocycles. The van der Waals surface area contributed by atoms with Gasteiger partial charge in [0.2, 0.25) is 0 Å². The van der Waals surface area contributed by atoms with E-state index in [2.05, 4.69) is 21.2 Å². The minimum Gasteiger partial charge on any atom is -0.346 e. The van der Waals surface area contributed by atoms with Crippen molar-refractivity contribution < 1.29 is 9.47 Å². The maximum absolute atomic E-state index is 5.90. The number of thiocarbonyl (C=S) groups is 1. The summed E-state index contributed by atoms with van der Waals surface area (Å²) in [7, 11) is 0. The zero-order valence-corrected chi connectivity index (χ0v) is 15.8. The summed E-state index contributed by atoms with van der Waals surface area (Å²) < 4.78 is 11.3. The summed E-state index contributed by atoms with van der Waals surface area (Å²) in [6.07, 6.45) is -0.454. The summed E-state index contributed by atoms with van der Waals surface area (Å²) in [5.74, 6) is 0.598. The number of hydrazine groups is 1. The Morgan fingerprint density at radius 3 is 2.59 bits per heavy atom. The Balaban J connectivity index is 1.52. The number of hydrogen-bond donors (Lipinski definition) is 3. The third kappa shape index (κ3) is 4.28. The standard InChI is InChI=1S/C19H17ClN4O2S/c20-13-5-7-14(8-6-13)21-19(27)24-23-17-15(18-25-9-10-26-18)11-12-3-1-2-4-16(12)22-17/h1-8,11,18H,9-10H2,(H,22,23)(H2,21,24,27). The SMILES string of the molecule is S=C(NNc1nc2ccccc2cc1C1OCCO1)Nc1ccc(Cl)cc1. The number of pyridine rings is 1. The van der Waals surface area contributed by atoms with Gasteiger partial charge >= 0.3 is 0 Å². The first kappa shape index (κ1) is 17.9. The van der Waals surface area contributed by atoms with Crippen molar-refractivity contribution in [3.8, 4) is 0 Å². The van der Waals surface area contributed by atoms with Crippen molar-refractivity contribution in [2.45, 2.75) is 6.29 Å². The number of aromatic nitrogens is 1.